The Hall–Kier alpha value is -3.20. The molecule has 0 saturated carbocycles. The second kappa shape index (κ2) is 8.66. The van der Waals surface area contributed by atoms with E-state index in [1.54, 1.807) is 24.3 Å². The number of hydrazine groups is 1. The maximum absolute atomic E-state index is 12.4. The highest BCUT2D eigenvalue weighted by Crippen LogP contribution is 2.28. The van der Waals surface area contributed by atoms with E-state index in [1.807, 2.05) is 6.07 Å². The Morgan fingerprint density at radius 2 is 1.87 bits per heavy atom. The van der Waals surface area contributed by atoms with Crippen LogP contribution in [0.25, 0.3) is 10.9 Å². The normalized spacial score (nSPS) is 13.5. The lowest BCUT2D eigenvalue weighted by Gasteiger charge is -2.10. The predicted octanol–water partition coefficient (Wildman–Crippen LogP) is 1.87. The van der Waals surface area contributed by atoms with E-state index in [1.165, 1.54) is 32.8 Å². The second-order valence-corrected chi connectivity index (χ2v) is 8.44. The first kappa shape index (κ1) is 20.1. The summed E-state index contributed by atoms with van der Waals surface area (Å²) < 4.78 is 1.34. The van der Waals surface area contributed by atoms with Crippen LogP contribution in [0.15, 0.2) is 39.9 Å². The average molecular weight is 426 g/mol. The van der Waals surface area contributed by atoms with Gasteiger partial charge in [0.15, 0.2) is 0 Å². The number of carbonyl (C=O) groups excluding carboxylic acids is 2. The van der Waals surface area contributed by atoms with Gasteiger partial charge >= 0.3 is 5.69 Å². The number of H-pyrrole nitrogens is 1. The van der Waals surface area contributed by atoms with Crippen molar-refractivity contribution in [2.75, 3.05) is 0 Å². The fourth-order valence-corrected chi connectivity index (χ4v) is 4.86. The Morgan fingerprint density at radius 1 is 1.07 bits per heavy atom. The van der Waals surface area contributed by atoms with E-state index >= 15 is 0 Å². The number of hydrogen-bond acceptors (Lipinski definition) is 5. The molecule has 30 heavy (non-hydrogen) atoms. The first-order chi connectivity index (χ1) is 14.5. The lowest BCUT2D eigenvalue weighted by atomic mass is 10.1. The van der Waals surface area contributed by atoms with Crippen LogP contribution in [-0.2, 0) is 24.2 Å². The van der Waals surface area contributed by atoms with Crippen LogP contribution in [0.2, 0.25) is 0 Å². The number of hydrogen-bond donors (Lipinski definition) is 3. The van der Waals surface area contributed by atoms with Crippen molar-refractivity contribution < 1.29 is 9.59 Å². The highest BCUT2D eigenvalue weighted by Gasteiger charge is 2.17. The summed E-state index contributed by atoms with van der Waals surface area (Å²) >= 11 is 1.48. The van der Waals surface area contributed by atoms with Crippen molar-refractivity contribution >= 4 is 34.1 Å². The van der Waals surface area contributed by atoms with E-state index in [2.05, 4.69) is 15.8 Å². The van der Waals surface area contributed by atoms with Crippen LogP contribution in [0.4, 0.5) is 0 Å². The van der Waals surface area contributed by atoms with Gasteiger partial charge in [-0.2, -0.15) is 0 Å². The Balaban J connectivity index is 1.37. The number of nitrogens with zero attached hydrogens (tertiary/aromatic N) is 1. The third kappa shape index (κ3) is 4.20. The molecule has 2 heterocycles. The van der Waals surface area contributed by atoms with Crippen molar-refractivity contribution in [2.24, 2.45) is 0 Å². The molecule has 0 fully saturated rings. The summed E-state index contributed by atoms with van der Waals surface area (Å²) in [5, 5.41) is 0.378. The maximum atomic E-state index is 12.4. The number of benzene rings is 1. The van der Waals surface area contributed by atoms with Gasteiger partial charge in [0.2, 0.25) is 5.91 Å². The van der Waals surface area contributed by atoms with Gasteiger partial charge in [-0.3, -0.25) is 34.8 Å². The third-order valence-corrected chi connectivity index (χ3v) is 6.49. The van der Waals surface area contributed by atoms with Crippen LogP contribution in [0.1, 0.15) is 45.8 Å². The molecule has 0 spiro atoms. The standard InChI is InChI=1S/C21H22N4O4S/c26-18(10-11-25-15-8-5-4-7-14(15)19(27)22-21(25)29)23-24-20(28)17-12-13-6-2-1-3-9-16(13)30-17/h4-5,7-8,12H,1-3,6,9-11H2,(H,23,26)(H,24,28)(H,22,27,29). The number of amides is 2. The summed E-state index contributed by atoms with van der Waals surface area (Å²) in [7, 11) is 0. The molecule has 0 atom stereocenters. The second-order valence-electron chi connectivity index (χ2n) is 7.30. The molecule has 2 amide bonds. The fourth-order valence-electron chi connectivity index (χ4n) is 3.71. The number of aromatic nitrogens is 2. The zero-order chi connectivity index (χ0) is 21.1. The quantitative estimate of drug-likeness (QED) is 0.437. The van der Waals surface area contributed by atoms with Crippen LogP contribution in [-0.4, -0.2) is 21.4 Å². The molecule has 1 aromatic carbocycles. The Kier molecular flexibility index (Phi) is 5.80. The zero-order valence-corrected chi connectivity index (χ0v) is 17.1. The number of thiophene rings is 1. The van der Waals surface area contributed by atoms with Crippen molar-refractivity contribution in [3.05, 3.63) is 66.5 Å². The van der Waals surface area contributed by atoms with Crippen molar-refractivity contribution in [3.63, 3.8) is 0 Å². The lowest BCUT2D eigenvalue weighted by Crippen LogP contribution is -2.42. The summed E-state index contributed by atoms with van der Waals surface area (Å²) in [6.07, 6.45) is 5.46. The molecule has 0 aliphatic heterocycles. The maximum Gasteiger partial charge on any atom is 0.328 e. The Labute approximate surface area is 175 Å². The van der Waals surface area contributed by atoms with Gasteiger partial charge in [0.25, 0.3) is 11.5 Å². The van der Waals surface area contributed by atoms with Crippen molar-refractivity contribution in [2.45, 2.75) is 45.1 Å². The summed E-state index contributed by atoms with van der Waals surface area (Å²) in [5.74, 6) is -0.767. The molecule has 2 aromatic heterocycles. The number of carbonyl (C=O) groups is 2. The van der Waals surface area contributed by atoms with E-state index in [9.17, 15) is 19.2 Å². The van der Waals surface area contributed by atoms with Gasteiger partial charge in [-0.15, -0.1) is 11.3 Å². The summed E-state index contributed by atoms with van der Waals surface area (Å²) in [4.78, 5) is 52.7. The lowest BCUT2D eigenvalue weighted by molar-refractivity contribution is -0.122. The van der Waals surface area contributed by atoms with Crippen LogP contribution in [0, 0.1) is 0 Å². The van der Waals surface area contributed by atoms with Crippen LogP contribution >= 0.6 is 11.3 Å². The number of fused-ring (bicyclic) bond motifs is 2. The van der Waals surface area contributed by atoms with Gasteiger partial charge < -0.3 is 0 Å². The number of rotatable bonds is 4. The molecule has 0 saturated heterocycles. The smallest absolute Gasteiger partial charge is 0.293 e. The predicted molar refractivity (Wildman–Crippen MR) is 115 cm³/mol. The Morgan fingerprint density at radius 3 is 2.73 bits per heavy atom. The highest BCUT2D eigenvalue weighted by molar-refractivity contribution is 7.14. The molecule has 0 unspecified atom stereocenters. The molecule has 4 rings (SSSR count). The van der Waals surface area contributed by atoms with Gasteiger partial charge in [-0.25, -0.2) is 4.79 Å². The molecule has 156 valence electrons. The monoisotopic (exact) mass is 426 g/mol. The Bertz CT molecular complexity index is 1200. The molecule has 9 heteroatoms. The van der Waals surface area contributed by atoms with E-state index in [-0.39, 0.29) is 18.9 Å². The number of nitrogens with one attached hydrogen (secondary N) is 3. The minimum absolute atomic E-state index is 0.0306. The minimum Gasteiger partial charge on any atom is -0.293 e. The van der Waals surface area contributed by atoms with Crippen LogP contribution < -0.4 is 22.1 Å². The van der Waals surface area contributed by atoms with E-state index in [4.69, 9.17) is 0 Å². The molecule has 3 aromatic rings. The molecule has 0 radical (unpaired) electrons. The van der Waals surface area contributed by atoms with Gasteiger partial charge in [-0.1, -0.05) is 18.6 Å². The average Bonchev–Trinajstić information content (AvgIpc) is 3.02. The number of para-hydroxylation sites is 1. The van der Waals surface area contributed by atoms with Gasteiger partial charge in [-0.05, 0) is 49.4 Å². The molecular formula is C21H22N4O4S. The van der Waals surface area contributed by atoms with E-state index in [0.717, 1.165) is 25.7 Å². The number of aromatic amines is 1. The van der Waals surface area contributed by atoms with E-state index in [0.29, 0.717) is 15.8 Å². The first-order valence-electron chi connectivity index (χ1n) is 9.95. The third-order valence-electron chi connectivity index (χ3n) is 5.25. The van der Waals surface area contributed by atoms with Gasteiger partial charge in [0.05, 0.1) is 15.8 Å². The van der Waals surface area contributed by atoms with Gasteiger partial charge in [0, 0.05) is 17.8 Å². The van der Waals surface area contributed by atoms with Crippen LogP contribution in [0.3, 0.4) is 0 Å². The molecule has 1 aliphatic rings. The summed E-state index contributed by atoms with van der Waals surface area (Å²) in [6.45, 7) is 0.0745. The largest absolute Gasteiger partial charge is 0.328 e. The number of aryl methyl sites for hydroxylation is 3. The van der Waals surface area contributed by atoms with Crippen molar-refractivity contribution in [1.82, 2.24) is 20.4 Å². The molecule has 3 N–H and O–H groups in total. The molecule has 8 nitrogen and oxygen atoms in total. The first-order valence-corrected chi connectivity index (χ1v) is 10.8. The topological polar surface area (TPSA) is 113 Å². The highest BCUT2D eigenvalue weighted by atomic mass is 32.1. The van der Waals surface area contributed by atoms with Crippen molar-refractivity contribution in [3.8, 4) is 0 Å². The molecular weight excluding hydrogens is 404 g/mol. The molecule has 0 bridgehead atoms. The summed E-state index contributed by atoms with van der Waals surface area (Å²) in [5.41, 5.74) is 5.51. The minimum atomic E-state index is -0.573. The van der Waals surface area contributed by atoms with Crippen LogP contribution in [0.5, 0.6) is 0 Å². The van der Waals surface area contributed by atoms with Crippen molar-refractivity contribution in [1.29, 1.82) is 0 Å². The van der Waals surface area contributed by atoms with Gasteiger partial charge in [0.1, 0.15) is 0 Å². The van der Waals surface area contributed by atoms with E-state index < -0.39 is 17.2 Å². The zero-order valence-electron chi connectivity index (χ0n) is 16.3. The summed E-state index contributed by atoms with van der Waals surface area (Å²) in [6, 6.07) is 8.62. The SMILES string of the molecule is O=C(CCn1c(=O)[nH]c(=O)c2ccccc21)NNC(=O)c1cc2c(s1)CCCCC2. The molecule has 1 aliphatic carbocycles. The fraction of sp³-hybridized carbons (Fsp3) is 0.333.